The molecule has 3 rings (SSSR count). The van der Waals surface area contributed by atoms with E-state index in [4.69, 9.17) is 22.1 Å². The molecule has 0 aliphatic heterocycles. The average Bonchev–Trinajstić information content (AvgIpc) is 3.18. The summed E-state index contributed by atoms with van der Waals surface area (Å²) in [6.45, 7) is 4.42. The second-order valence-electron chi connectivity index (χ2n) is 6.90. The Labute approximate surface area is 181 Å². The van der Waals surface area contributed by atoms with Crippen LogP contribution in [0.1, 0.15) is 22.8 Å². The van der Waals surface area contributed by atoms with Gasteiger partial charge in [0, 0.05) is 24.9 Å². The molecule has 1 amide bonds. The highest BCUT2D eigenvalue weighted by atomic mass is 32.1. The Morgan fingerprint density at radius 3 is 2.53 bits per heavy atom. The number of aryl methyl sites for hydroxylation is 1. The Morgan fingerprint density at radius 1 is 1.13 bits per heavy atom. The highest BCUT2D eigenvalue weighted by Gasteiger charge is 2.20. The molecule has 0 fully saturated rings. The minimum atomic E-state index is -0.334. The number of hydrogen-bond acceptors (Lipinski definition) is 4. The first-order chi connectivity index (χ1) is 14.5. The number of para-hydroxylation sites is 1. The summed E-state index contributed by atoms with van der Waals surface area (Å²) in [5.74, 6) is -0.334. The molecule has 7 nitrogen and oxygen atoms in total. The van der Waals surface area contributed by atoms with E-state index in [0.717, 1.165) is 16.8 Å². The van der Waals surface area contributed by atoms with Gasteiger partial charge in [0.05, 0.1) is 17.9 Å². The van der Waals surface area contributed by atoms with Gasteiger partial charge in [-0.05, 0) is 43.8 Å². The van der Waals surface area contributed by atoms with Gasteiger partial charge >= 0.3 is 0 Å². The van der Waals surface area contributed by atoms with Crippen molar-refractivity contribution in [2.75, 3.05) is 13.7 Å². The molecule has 0 aliphatic rings. The zero-order valence-corrected chi connectivity index (χ0v) is 18.0. The second kappa shape index (κ2) is 10.00. The fourth-order valence-corrected chi connectivity index (χ4v) is 3.28. The molecule has 0 aliphatic carbocycles. The number of thiocarbonyl (C=S) groups is 1. The lowest BCUT2D eigenvalue weighted by molar-refractivity contribution is 0.0944. The Balaban J connectivity index is 1.85. The van der Waals surface area contributed by atoms with E-state index in [1.54, 1.807) is 18.0 Å². The first-order valence-corrected chi connectivity index (χ1v) is 9.97. The van der Waals surface area contributed by atoms with Gasteiger partial charge in [0.2, 0.25) is 0 Å². The van der Waals surface area contributed by atoms with Crippen molar-refractivity contribution in [3.05, 3.63) is 71.9 Å². The van der Waals surface area contributed by atoms with Gasteiger partial charge in [-0.2, -0.15) is 5.10 Å². The summed E-state index contributed by atoms with van der Waals surface area (Å²) in [6, 6.07) is 17.5. The van der Waals surface area contributed by atoms with Gasteiger partial charge in [0.25, 0.3) is 5.91 Å². The molecule has 0 saturated heterocycles. The average molecular weight is 424 g/mol. The van der Waals surface area contributed by atoms with Crippen LogP contribution in [0.25, 0.3) is 16.9 Å². The maximum atomic E-state index is 13.0. The van der Waals surface area contributed by atoms with Gasteiger partial charge in [-0.1, -0.05) is 42.5 Å². The van der Waals surface area contributed by atoms with Crippen molar-refractivity contribution in [3.63, 3.8) is 0 Å². The fourth-order valence-electron chi connectivity index (χ4n) is 3.02. The molecular formula is C22H25N5O2S. The summed E-state index contributed by atoms with van der Waals surface area (Å²) >= 11 is 5.23. The minimum absolute atomic E-state index is 0.00950. The van der Waals surface area contributed by atoms with Crippen molar-refractivity contribution in [1.82, 2.24) is 25.9 Å². The van der Waals surface area contributed by atoms with Crippen molar-refractivity contribution < 1.29 is 9.53 Å². The van der Waals surface area contributed by atoms with Gasteiger partial charge in [-0.25, -0.2) is 4.68 Å². The highest BCUT2D eigenvalue weighted by Crippen LogP contribution is 2.26. The number of nitrogens with one attached hydrogen (secondary N) is 3. The van der Waals surface area contributed by atoms with Crippen LogP contribution in [0.4, 0.5) is 0 Å². The number of aromatic nitrogens is 2. The Kier molecular flexibility index (Phi) is 7.16. The smallest absolute Gasteiger partial charge is 0.273 e. The lowest BCUT2D eigenvalue weighted by Gasteiger charge is -2.16. The van der Waals surface area contributed by atoms with E-state index >= 15 is 0 Å². The third-order valence-corrected chi connectivity index (χ3v) is 4.68. The van der Waals surface area contributed by atoms with Gasteiger partial charge in [-0.15, -0.1) is 0 Å². The molecule has 0 unspecified atom stereocenters. The van der Waals surface area contributed by atoms with E-state index in [1.165, 1.54) is 0 Å². The highest BCUT2D eigenvalue weighted by molar-refractivity contribution is 7.80. The van der Waals surface area contributed by atoms with E-state index in [2.05, 4.69) is 16.2 Å². The summed E-state index contributed by atoms with van der Waals surface area (Å²) < 4.78 is 6.77. The maximum absolute atomic E-state index is 13.0. The van der Waals surface area contributed by atoms with Crippen molar-refractivity contribution in [3.8, 4) is 16.9 Å². The van der Waals surface area contributed by atoms with Gasteiger partial charge in [0.15, 0.2) is 5.11 Å². The number of amides is 1. The third-order valence-electron chi connectivity index (χ3n) is 4.46. The molecule has 8 heteroatoms. The summed E-state index contributed by atoms with van der Waals surface area (Å²) in [5, 5.41) is 8.04. The van der Waals surface area contributed by atoms with Crippen LogP contribution in [-0.4, -0.2) is 40.6 Å². The van der Waals surface area contributed by atoms with E-state index in [0.29, 0.717) is 23.0 Å². The topological polar surface area (TPSA) is 80.2 Å². The molecule has 0 spiro atoms. The predicted octanol–water partition coefficient (Wildman–Crippen LogP) is 2.99. The van der Waals surface area contributed by atoms with Gasteiger partial charge < -0.3 is 10.1 Å². The molecule has 3 aromatic rings. The normalized spacial score (nSPS) is 11.6. The number of nitrogens with zero attached hydrogens (tertiary/aromatic N) is 2. The lowest BCUT2D eigenvalue weighted by Crippen LogP contribution is -2.50. The first-order valence-electron chi connectivity index (χ1n) is 9.56. The van der Waals surface area contributed by atoms with Crippen LogP contribution in [0.2, 0.25) is 0 Å². The molecule has 1 heterocycles. The van der Waals surface area contributed by atoms with Crippen molar-refractivity contribution in [2.24, 2.45) is 0 Å². The Bertz CT molecular complexity index is 1020. The van der Waals surface area contributed by atoms with Crippen LogP contribution in [-0.2, 0) is 4.74 Å². The van der Waals surface area contributed by atoms with Crippen LogP contribution in [0.3, 0.4) is 0 Å². The standard InChI is InChI=1S/C22H25N5O2S/c1-15-9-7-8-12-18(15)20-19(13-27(26-20)17-10-5-4-6-11-17)21(28)24-25-22(30)23-16(2)14-29-3/h4-13,16H,14H2,1-3H3,(H,24,28)(H2,23,25,30)/t16-/m1/s1. The van der Waals surface area contributed by atoms with Crippen molar-refractivity contribution >= 4 is 23.2 Å². The zero-order valence-electron chi connectivity index (χ0n) is 17.2. The van der Waals surface area contributed by atoms with Gasteiger partial charge in [-0.3, -0.25) is 15.6 Å². The van der Waals surface area contributed by atoms with Gasteiger partial charge in [0.1, 0.15) is 5.69 Å². The van der Waals surface area contributed by atoms with Crippen LogP contribution in [0.5, 0.6) is 0 Å². The second-order valence-corrected chi connectivity index (χ2v) is 7.30. The number of carbonyl (C=O) groups excluding carboxylic acids is 1. The molecule has 1 aromatic heterocycles. The third kappa shape index (κ3) is 5.22. The summed E-state index contributed by atoms with van der Waals surface area (Å²) in [6.07, 6.45) is 1.72. The van der Waals surface area contributed by atoms with Crippen molar-refractivity contribution in [2.45, 2.75) is 19.9 Å². The predicted molar refractivity (Wildman–Crippen MR) is 121 cm³/mol. The van der Waals surface area contributed by atoms with Crippen LogP contribution >= 0.6 is 12.2 Å². The molecule has 156 valence electrons. The molecule has 2 aromatic carbocycles. The Morgan fingerprint density at radius 2 is 1.83 bits per heavy atom. The monoisotopic (exact) mass is 423 g/mol. The molecule has 0 bridgehead atoms. The number of ether oxygens (including phenoxy) is 1. The maximum Gasteiger partial charge on any atom is 0.273 e. The molecular weight excluding hydrogens is 398 g/mol. The van der Waals surface area contributed by atoms with E-state index in [1.807, 2.05) is 68.4 Å². The summed E-state index contributed by atoms with van der Waals surface area (Å²) in [7, 11) is 1.62. The minimum Gasteiger partial charge on any atom is -0.383 e. The number of benzene rings is 2. The number of rotatable bonds is 6. The Hall–Kier alpha value is -3.23. The SMILES string of the molecule is COC[C@@H](C)NC(=S)NNC(=O)c1cn(-c2ccccc2)nc1-c1ccccc1C. The number of hydrazine groups is 1. The molecule has 0 radical (unpaired) electrons. The first kappa shape index (κ1) is 21.5. The number of carbonyl (C=O) groups is 1. The fraction of sp³-hybridized carbons (Fsp3) is 0.227. The van der Waals surface area contributed by atoms with E-state index in [9.17, 15) is 4.79 Å². The largest absolute Gasteiger partial charge is 0.383 e. The van der Waals surface area contributed by atoms with Crippen LogP contribution in [0.15, 0.2) is 60.8 Å². The quantitative estimate of drug-likeness (QED) is 0.418. The molecule has 0 saturated carbocycles. The van der Waals surface area contributed by atoms with Crippen LogP contribution in [0, 0.1) is 6.92 Å². The molecule has 1 atom stereocenters. The van der Waals surface area contributed by atoms with Crippen LogP contribution < -0.4 is 16.2 Å². The molecule has 30 heavy (non-hydrogen) atoms. The summed E-state index contributed by atoms with van der Waals surface area (Å²) in [4.78, 5) is 13.0. The number of methoxy groups -OCH3 is 1. The summed E-state index contributed by atoms with van der Waals surface area (Å²) in [5.41, 5.74) is 9.22. The molecule has 3 N–H and O–H groups in total. The van der Waals surface area contributed by atoms with E-state index < -0.39 is 0 Å². The van der Waals surface area contributed by atoms with Crippen molar-refractivity contribution in [1.29, 1.82) is 0 Å². The zero-order chi connectivity index (χ0) is 21.5. The van der Waals surface area contributed by atoms with E-state index in [-0.39, 0.29) is 11.9 Å². The number of hydrogen-bond donors (Lipinski definition) is 3. The lowest BCUT2D eigenvalue weighted by atomic mass is 10.0.